The number of aryl methyl sites for hydroxylation is 2. The number of nitrogens with zero attached hydrogens (tertiary/aromatic N) is 3. The predicted molar refractivity (Wildman–Crippen MR) is 116 cm³/mol. The number of ether oxygens (including phenoxy) is 2. The van der Waals surface area contributed by atoms with Crippen LogP contribution in [0.1, 0.15) is 36.1 Å². The molecule has 1 N–H and O–H groups in total. The maximum atomic E-state index is 13.1. The molecule has 1 aromatic carbocycles. The van der Waals surface area contributed by atoms with Gasteiger partial charge in [0.1, 0.15) is 18.0 Å². The van der Waals surface area contributed by atoms with E-state index >= 15 is 0 Å². The lowest BCUT2D eigenvalue weighted by molar-refractivity contribution is -0.117. The Bertz CT molecular complexity index is 1140. The Labute approximate surface area is 177 Å². The highest BCUT2D eigenvalue weighted by Gasteiger charge is 2.20. The van der Waals surface area contributed by atoms with Crippen LogP contribution in [0.5, 0.6) is 11.5 Å². The van der Waals surface area contributed by atoms with Crippen molar-refractivity contribution in [1.82, 2.24) is 15.0 Å². The van der Waals surface area contributed by atoms with Crippen LogP contribution in [0.15, 0.2) is 23.0 Å². The predicted octanol–water partition coefficient (Wildman–Crippen LogP) is 3.17. The second-order valence-corrected chi connectivity index (χ2v) is 8.35. The van der Waals surface area contributed by atoms with E-state index in [1.807, 2.05) is 0 Å². The number of thiophene rings is 1. The third kappa shape index (κ3) is 4.02. The number of amides is 1. The van der Waals surface area contributed by atoms with Crippen molar-refractivity contribution >= 4 is 33.1 Å². The van der Waals surface area contributed by atoms with Gasteiger partial charge in [0.05, 0.1) is 25.3 Å². The fourth-order valence-electron chi connectivity index (χ4n) is 3.80. The Morgan fingerprint density at radius 2 is 1.97 bits per heavy atom. The van der Waals surface area contributed by atoms with Crippen LogP contribution in [0.25, 0.3) is 10.2 Å². The van der Waals surface area contributed by atoms with Gasteiger partial charge in [-0.25, -0.2) is 4.68 Å². The van der Waals surface area contributed by atoms with Gasteiger partial charge in [0.15, 0.2) is 4.83 Å². The van der Waals surface area contributed by atoms with E-state index in [0.717, 1.165) is 35.9 Å². The van der Waals surface area contributed by atoms with E-state index in [1.54, 1.807) is 36.6 Å². The monoisotopic (exact) mass is 428 g/mol. The molecule has 1 amide bonds. The highest BCUT2D eigenvalue weighted by molar-refractivity contribution is 7.18. The van der Waals surface area contributed by atoms with E-state index < -0.39 is 5.91 Å². The summed E-state index contributed by atoms with van der Waals surface area (Å²) < 4.78 is 11.6. The number of anilines is 1. The molecule has 2 aromatic heterocycles. The van der Waals surface area contributed by atoms with Crippen LogP contribution in [-0.2, 0) is 24.2 Å². The molecule has 4 rings (SSSR count). The van der Waals surface area contributed by atoms with Gasteiger partial charge in [0.2, 0.25) is 5.91 Å². The highest BCUT2D eigenvalue weighted by atomic mass is 32.1. The first-order chi connectivity index (χ1) is 14.6. The summed E-state index contributed by atoms with van der Waals surface area (Å²) in [5.41, 5.74) is 1.30. The Kier molecular flexibility index (Phi) is 5.98. The summed E-state index contributed by atoms with van der Waals surface area (Å²) in [6.07, 6.45) is 6.45. The van der Waals surface area contributed by atoms with Crippen LogP contribution in [0.2, 0.25) is 0 Å². The summed E-state index contributed by atoms with van der Waals surface area (Å²) in [7, 11) is 3.06. The van der Waals surface area contributed by atoms with Crippen molar-refractivity contribution in [2.45, 2.75) is 45.1 Å². The van der Waals surface area contributed by atoms with E-state index in [0.29, 0.717) is 27.4 Å². The first kappa shape index (κ1) is 20.3. The third-order valence-electron chi connectivity index (χ3n) is 5.32. The molecule has 30 heavy (non-hydrogen) atoms. The quantitative estimate of drug-likeness (QED) is 0.671. The van der Waals surface area contributed by atoms with Gasteiger partial charge in [-0.1, -0.05) is 18.1 Å². The average Bonchev–Trinajstić information content (AvgIpc) is 3.07. The molecule has 0 aliphatic heterocycles. The summed E-state index contributed by atoms with van der Waals surface area (Å²) in [6, 6.07) is 5.11. The van der Waals surface area contributed by atoms with Gasteiger partial charge >= 0.3 is 0 Å². The molecule has 0 spiro atoms. The summed E-state index contributed by atoms with van der Waals surface area (Å²) >= 11 is 1.56. The second kappa shape index (κ2) is 8.83. The molecule has 0 radical (unpaired) electrons. The average molecular weight is 429 g/mol. The van der Waals surface area contributed by atoms with E-state index in [1.165, 1.54) is 24.8 Å². The lowest BCUT2D eigenvalue weighted by atomic mass is 9.98. The second-order valence-electron chi connectivity index (χ2n) is 7.26. The van der Waals surface area contributed by atoms with E-state index in [9.17, 15) is 9.59 Å². The molecular weight excluding hydrogens is 404 g/mol. The molecule has 0 fully saturated rings. The molecule has 0 saturated carbocycles. The van der Waals surface area contributed by atoms with Crippen LogP contribution in [0.3, 0.4) is 0 Å². The Balaban J connectivity index is 1.61. The maximum absolute atomic E-state index is 13.1. The molecule has 1 aliphatic carbocycles. The van der Waals surface area contributed by atoms with E-state index in [4.69, 9.17) is 9.47 Å². The molecule has 158 valence electrons. The first-order valence-electron chi connectivity index (χ1n) is 10.0. The van der Waals surface area contributed by atoms with Gasteiger partial charge in [-0.3, -0.25) is 9.59 Å². The Hall–Kier alpha value is -2.94. The van der Waals surface area contributed by atoms with Crippen LogP contribution in [-0.4, -0.2) is 35.1 Å². The smallest absolute Gasteiger partial charge is 0.279 e. The molecule has 8 nitrogen and oxygen atoms in total. The highest BCUT2D eigenvalue weighted by Crippen LogP contribution is 2.32. The molecule has 1 aliphatic rings. The zero-order valence-corrected chi connectivity index (χ0v) is 17.9. The number of hydrogen-bond acceptors (Lipinski definition) is 7. The summed E-state index contributed by atoms with van der Waals surface area (Å²) in [5, 5.41) is 11.6. The number of nitrogens with one attached hydrogen (secondary N) is 1. The molecule has 2 heterocycles. The summed E-state index contributed by atoms with van der Waals surface area (Å²) in [6.45, 7) is -0.229. The lowest BCUT2D eigenvalue weighted by Crippen LogP contribution is -2.30. The molecule has 0 unspecified atom stereocenters. The van der Waals surface area contributed by atoms with Crippen molar-refractivity contribution in [1.29, 1.82) is 0 Å². The van der Waals surface area contributed by atoms with Gasteiger partial charge in [0.25, 0.3) is 5.56 Å². The fraction of sp³-hybridized carbons (Fsp3) is 0.429. The SMILES string of the molecule is COc1ccc(OC)c(NC(=O)Cn2nnc3sc4c(c3c2=O)CCCCCC4)c1. The first-order valence-corrected chi connectivity index (χ1v) is 10.8. The molecule has 0 bridgehead atoms. The molecule has 0 saturated heterocycles. The fourth-order valence-corrected chi connectivity index (χ4v) is 5.00. The minimum Gasteiger partial charge on any atom is -0.497 e. The number of carbonyl (C=O) groups is 1. The van der Waals surface area contributed by atoms with Crippen LogP contribution in [0.4, 0.5) is 5.69 Å². The van der Waals surface area contributed by atoms with Crippen LogP contribution >= 0.6 is 11.3 Å². The van der Waals surface area contributed by atoms with E-state index in [2.05, 4.69) is 15.6 Å². The Morgan fingerprint density at radius 3 is 2.73 bits per heavy atom. The van der Waals surface area contributed by atoms with E-state index in [-0.39, 0.29) is 12.1 Å². The number of benzene rings is 1. The molecule has 0 atom stereocenters. The van der Waals surface area contributed by atoms with Crippen LogP contribution < -0.4 is 20.3 Å². The number of methoxy groups -OCH3 is 2. The molecule has 3 aromatic rings. The minimum absolute atomic E-state index is 0.229. The third-order valence-corrected chi connectivity index (χ3v) is 6.49. The zero-order chi connectivity index (χ0) is 21.1. The van der Waals surface area contributed by atoms with Crippen molar-refractivity contribution < 1.29 is 14.3 Å². The minimum atomic E-state index is -0.393. The maximum Gasteiger partial charge on any atom is 0.279 e. The standard InChI is InChI=1S/C21H24N4O4S/c1-28-13-9-10-16(29-2)15(11-13)22-18(26)12-25-21(27)19-14-7-5-3-4-6-8-17(14)30-20(19)23-24-25/h9-11H,3-8,12H2,1-2H3,(H,22,26). The number of fused-ring (bicyclic) bond motifs is 3. The Morgan fingerprint density at radius 1 is 1.17 bits per heavy atom. The van der Waals surface area contributed by atoms with Crippen molar-refractivity contribution in [3.8, 4) is 11.5 Å². The van der Waals surface area contributed by atoms with Gasteiger partial charge in [-0.15, -0.1) is 16.4 Å². The van der Waals surface area contributed by atoms with Crippen molar-refractivity contribution in [2.75, 3.05) is 19.5 Å². The van der Waals surface area contributed by atoms with Crippen LogP contribution in [0, 0.1) is 0 Å². The normalized spacial score (nSPS) is 13.9. The van der Waals surface area contributed by atoms with Gasteiger partial charge in [-0.05, 0) is 43.4 Å². The number of aromatic nitrogens is 3. The molecule has 9 heteroatoms. The van der Waals surface area contributed by atoms with Crippen molar-refractivity contribution in [2.24, 2.45) is 0 Å². The van der Waals surface area contributed by atoms with Crippen molar-refractivity contribution in [3.05, 3.63) is 39.0 Å². The lowest BCUT2D eigenvalue weighted by Gasteiger charge is -2.12. The number of carbonyl (C=O) groups excluding carboxylic acids is 1. The molecular formula is C21H24N4O4S. The number of hydrogen-bond donors (Lipinski definition) is 1. The summed E-state index contributed by atoms with van der Waals surface area (Å²) in [5.74, 6) is 0.689. The largest absolute Gasteiger partial charge is 0.497 e. The topological polar surface area (TPSA) is 95.3 Å². The van der Waals surface area contributed by atoms with Gasteiger partial charge in [-0.2, -0.15) is 0 Å². The van der Waals surface area contributed by atoms with Gasteiger partial charge < -0.3 is 14.8 Å². The summed E-state index contributed by atoms with van der Waals surface area (Å²) in [4.78, 5) is 27.6. The number of rotatable bonds is 5. The van der Waals surface area contributed by atoms with Crippen molar-refractivity contribution in [3.63, 3.8) is 0 Å². The zero-order valence-electron chi connectivity index (χ0n) is 17.1. The van der Waals surface area contributed by atoms with Gasteiger partial charge in [0, 0.05) is 10.9 Å².